The molecule has 0 spiro atoms. The minimum atomic E-state index is -4.26. The van der Waals surface area contributed by atoms with Crippen LogP contribution in [0.2, 0.25) is 0 Å². The lowest BCUT2D eigenvalue weighted by Gasteiger charge is -2.38. The maximum absolute atomic E-state index is 12.7. The van der Waals surface area contributed by atoms with E-state index in [1.54, 1.807) is 6.07 Å². The standard InChI is InChI=1S/C14H18F3N.C8H6O4/c1-18-13(8-3-2-4-9-13)11-6-5-7-12(10-11)14(15,16)17;9-7(10)5-2-1-3-6(4-5)8(11)12/h5-7,10,18H,2-4,8-9H2,1H3;1-4H,(H,9,10)(H,11,12). The van der Waals surface area contributed by atoms with E-state index in [2.05, 4.69) is 5.32 Å². The molecule has 30 heavy (non-hydrogen) atoms. The predicted molar refractivity (Wildman–Crippen MR) is 106 cm³/mol. The summed E-state index contributed by atoms with van der Waals surface area (Å²) in [5.41, 5.74) is -0.107. The SMILES string of the molecule is CNC1(c2cccc(C(F)(F)F)c2)CCCCC1.O=C(O)c1cccc(C(=O)O)c1. The van der Waals surface area contributed by atoms with E-state index in [-0.39, 0.29) is 16.7 Å². The van der Waals surface area contributed by atoms with Crippen LogP contribution in [0.3, 0.4) is 0 Å². The maximum Gasteiger partial charge on any atom is 0.416 e. The third kappa shape index (κ3) is 5.82. The number of halogens is 3. The Morgan fingerprint density at radius 3 is 1.90 bits per heavy atom. The zero-order valence-electron chi connectivity index (χ0n) is 16.5. The Labute approximate surface area is 172 Å². The quantitative estimate of drug-likeness (QED) is 0.632. The average Bonchev–Trinajstić information content (AvgIpc) is 2.74. The summed E-state index contributed by atoms with van der Waals surface area (Å²) in [6.45, 7) is 0. The molecule has 0 atom stereocenters. The van der Waals surface area contributed by atoms with Gasteiger partial charge in [-0.1, -0.05) is 37.5 Å². The Morgan fingerprint density at radius 2 is 1.43 bits per heavy atom. The van der Waals surface area contributed by atoms with E-state index in [4.69, 9.17) is 10.2 Å². The van der Waals surface area contributed by atoms with Gasteiger partial charge in [-0.3, -0.25) is 0 Å². The van der Waals surface area contributed by atoms with Crippen molar-refractivity contribution >= 4 is 11.9 Å². The molecular formula is C22H24F3NO4. The van der Waals surface area contributed by atoms with E-state index in [0.29, 0.717) is 0 Å². The topological polar surface area (TPSA) is 86.6 Å². The van der Waals surface area contributed by atoms with Gasteiger partial charge in [0.25, 0.3) is 0 Å². The number of carboxylic acid groups (broad SMARTS) is 2. The summed E-state index contributed by atoms with van der Waals surface area (Å²) in [4.78, 5) is 20.8. The second-order valence-corrected chi connectivity index (χ2v) is 7.16. The number of benzene rings is 2. The van der Waals surface area contributed by atoms with Crippen molar-refractivity contribution in [1.82, 2.24) is 5.32 Å². The van der Waals surface area contributed by atoms with Gasteiger partial charge in [0.05, 0.1) is 16.7 Å². The first-order valence-electron chi connectivity index (χ1n) is 9.52. The monoisotopic (exact) mass is 423 g/mol. The molecule has 3 rings (SSSR count). The lowest BCUT2D eigenvalue weighted by molar-refractivity contribution is -0.137. The van der Waals surface area contributed by atoms with Crippen molar-refractivity contribution in [3.63, 3.8) is 0 Å². The Morgan fingerprint density at radius 1 is 0.900 bits per heavy atom. The van der Waals surface area contributed by atoms with Crippen LogP contribution in [-0.4, -0.2) is 29.2 Å². The van der Waals surface area contributed by atoms with Crippen molar-refractivity contribution in [3.05, 3.63) is 70.8 Å². The van der Waals surface area contributed by atoms with E-state index in [0.717, 1.165) is 43.4 Å². The van der Waals surface area contributed by atoms with Crippen molar-refractivity contribution in [2.24, 2.45) is 0 Å². The fourth-order valence-corrected chi connectivity index (χ4v) is 3.62. The highest BCUT2D eigenvalue weighted by Crippen LogP contribution is 2.39. The number of hydrogen-bond donors (Lipinski definition) is 3. The summed E-state index contributed by atoms with van der Waals surface area (Å²) in [7, 11) is 1.84. The summed E-state index contributed by atoms with van der Waals surface area (Å²) in [6.07, 6.45) is 0.853. The van der Waals surface area contributed by atoms with Gasteiger partial charge in [-0.25, -0.2) is 9.59 Å². The molecule has 5 nitrogen and oxygen atoms in total. The van der Waals surface area contributed by atoms with Crippen molar-refractivity contribution in [1.29, 1.82) is 0 Å². The van der Waals surface area contributed by atoms with Gasteiger partial charge in [0.15, 0.2) is 0 Å². The smallest absolute Gasteiger partial charge is 0.416 e. The highest BCUT2D eigenvalue weighted by Gasteiger charge is 2.35. The van der Waals surface area contributed by atoms with Crippen LogP contribution in [0, 0.1) is 0 Å². The maximum atomic E-state index is 12.7. The van der Waals surface area contributed by atoms with Crippen LogP contribution in [0.25, 0.3) is 0 Å². The number of nitrogens with one attached hydrogen (secondary N) is 1. The van der Waals surface area contributed by atoms with Crippen LogP contribution in [0.4, 0.5) is 13.2 Å². The molecule has 1 saturated carbocycles. The fraction of sp³-hybridized carbons (Fsp3) is 0.364. The highest BCUT2D eigenvalue weighted by molar-refractivity contribution is 5.93. The molecule has 0 aromatic heterocycles. The first-order chi connectivity index (χ1) is 14.1. The molecule has 1 fully saturated rings. The van der Waals surface area contributed by atoms with Crippen LogP contribution >= 0.6 is 0 Å². The minimum Gasteiger partial charge on any atom is -0.478 e. The van der Waals surface area contributed by atoms with Crippen LogP contribution in [0.5, 0.6) is 0 Å². The summed E-state index contributed by atoms with van der Waals surface area (Å²) in [5.74, 6) is -2.25. The third-order valence-electron chi connectivity index (χ3n) is 5.28. The van der Waals surface area contributed by atoms with Gasteiger partial charge >= 0.3 is 18.1 Å². The molecule has 0 amide bonds. The Balaban J connectivity index is 0.000000232. The van der Waals surface area contributed by atoms with Gasteiger partial charge in [-0.05, 0) is 55.8 Å². The largest absolute Gasteiger partial charge is 0.478 e. The van der Waals surface area contributed by atoms with Gasteiger partial charge in [0.2, 0.25) is 0 Å². The lowest BCUT2D eigenvalue weighted by Crippen LogP contribution is -2.41. The highest BCUT2D eigenvalue weighted by atomic mass is 19.4. The molecule has 8 heteroatoms. The predicted octanol–water partition coefficient (Wildman–Crippen LogP) is 5.17. The fourth-order valence-electron chi connectivity index (χ4n) is 3.62. The van der Waals surface area contributed by atoms with Crippen molar-refractivity contribution in [2.75, 3.05) is 7.05 Å². The van der Waals surface area contributed by atoms with Crippen molar-refractivity contribution in [3.8, 4) is 0 Å². The normalized spacial score (nSPS) is 15.6. The molecule has 0 unspecified atom stereocenters. The minimum absolute atomic E-state index is 0.0186. The van der Waals surface area contributed by atoms with E-state index in [1.165, 1.54) is 36.8 Å². The van der Waals surface area contributed by atoms with Gasteiger partial charge < -0.3 is 15.5 Å². The Kier molecular flexibility index (Phi) is 7.61. The first kappa shape index (κ1) is 23.4. The second kappa shape index (κ2) is 9.75. The molecule has 0 heterocycles. The number of aromatic carboxylic acids is 2. The van der Waals surface area contributed by atoms with Crippen LogP contribution < -0.4 is 5.32 Å². The van der Waals surface area contributed by atoms with E-state index < -0.39 is 23.7 Å². The number of hydrogen-bond acceptors (Lipinski definition) is 3. The van der Waals surface area contributed by atoms with E-state index >= 15 is 0 Å². The molecular weight excluding hydrogens is 399 g/mol. The van der Waals surface area contributed by atoms with E-state index in [9.17, 15) is 22.8 Å². The van der Waals surface area contributed by atoms with Crippen LogP contribution in [0.15, 0.2) is 48.5 Å². The van der Waals surface area contributed by atoms with Crippen molar-refractivity contribution in [2.45, 2.75) is 43.8 Å². The summed E-state index contributed by atoms with van der Waals surface area (Å²) in [5, 5.41) is 20.2. The molecule has 0 aliphatic heterocycles. The lowest BCUT2D eigenvalue weighted by atomic mass is 9.76. The summed E-state index contributed by atoms with van der Waals surface area (Å²) >= 11 is 0. The molecule has 162 valence electrons. The zero-order chi connectivity index (χ0) is 22.4. The number of rotatable bonds is 4. The molecule has 3 N–H and O–H groups in total. The van der Waals surface area contributed by atoms with Crippen molar-refractivity contribution < 1.29 is 33.0 Å². The Bertz CT molecular complexity index is 861. The number of carboxylic acids is 2. The molecule has 0 radical (unpaired) electrons. The third-order valence-corrected chi connectivity index (χ3v) is 5.28. The molecule has 2 aromatic rings. The number of alkyl halides is 3. The van der Waals surface area contributed by atoms with Gasteiger partial charge in [-0.2, -0.15) is 13.2 Å². The molecule has 1 aliphatic carbocycles. The number of carbonyl (C=O) groups is 2. The Hall–Kier alpha value is -2.87. The van der Waals surface area contributed by atoms with Gasteiger partial charge in [-0.15, -0.1) is 0 Å². The second-order valence-electron chi connectivity index (χ2n) is 7.16. The summed E-state index contributed by atoms with van der Waals surface area (Å²) < 4.78 is 38.2. The van der Waals surface area contributed by atoms with Crippen LogP contribution in [-0.2, 0) is 11.7 Å². The van der Waals surface area contributed by atoms with Crippen LogP contribution in [0.1, 0.15) is 63.9 Å². The summed E-state index contributed by atoms with van der Waals surface area (Å²) in [6, 6.07) is 10.9. The van der Waals surface area contributed by atoms with Gasteiger partial charge in [0.1, 0.15) is 0 Å². The molecule has 1 aliphatic rings. The average molecular weight is 423 g/mol. The molecule has 2 aromatic carbocycles. The molecule has 0 saturated heterocycles. The zero-order valence-corrected chi connectivity index (χ0v) is 16.5. The first-order valence-corrected chi connectivity index (χ1v) is 9.52. The van der Waals surface area contributed by atoms with Gasteiger partial charge in [0, 0.05) is 5.54 Å². The van der Waals surface area contributed by atoms with E-state index in [1.807, 2.05) is 7.05 Å². The molecule has 0 bridgehead atoms.